The predicted molar refractivity (Wildman–Crippen MR) is 180 cm³/mol. The summed E-state index contributed by atoms with van der Waals surface area (Å²) in [6.45, 7) is 6.92. The van der Waals surface area contributed by atoms with Gasteiger partial charge in [-0.2, -0.15) is 19.0 Å². The zero-order valence-electron chi connectivity index (χ0n) is 28.0. The van der Waals surface area contributed by atoms with Crippen LogP contribution in [0.5, 0.6) is 0 Å². The van der Waals surface area contributed by atoms with Crippen LogP contribution in [0.2, 0.25) is 5.02 Å². The highest BCUT2D eigenvalue weighted by atomic mass is 35.5. The maximum absolute atomic E-state index is 14.9. The summed E-state index contributed by atoms with van der Waals surface area (Å²) >= 11 is 6.61. The molecule has 14 heteroatoms. The van der Waals surface area contributed by atoms with Crippen molar-refractivity contribution < 1.29 is 23.1 Å². The molecular formula is C35H39ClF2N8O3. The van der Waals surface area contributed by atoms with E-state index in [2.05, 4.69) is 15.2 Å². The molecule has 0 bridgehead atoms. The highest BCUT2D eigenvalue weighted by Gasteiger charge is 2.53. The van der Waals surface area contributed by atoms with Crippen LogP contribution in [0, 0.1) is 17.8 Å². The number of guanidine groups is 1. The first-order valence-corrected chi connectivity index (χ1v) is 16.4. The molecule has 0 saturated heterocycles. The average Bonchev–Trinajstić information content (AvgIpc) is 3.35. The number of rotatable bonds is 11. The standard InChI is InChI=1S/C35H39ClF2N8O3/c1-21-40-20-42-46(21)27-14-23(8-11-26(27)36)28(18-49-29(47)15-34(5)12-13-34)45-30(48)35(43-32(45)39,19-33(2,3)4)25-9-6-22(7-10-25)24-16-41-44(17-24)31(37)38/h6-11,14,16-17,20,28,31H,12-13,15,18-19H2,1-5H3,(H2,39,43)/t28-,35-/m1/s1. The lowest BCUT2D eigenvalue weighted by molar-refractivity contribution is -0.148. The lowest BCUT2D eigenvalue weighted by Gasteiger charge is -2.35. The molecule has 0 spiro atoms. The van der Waals surface area contributed by atoms with Gasteiger partial charge in [-0.1, -0.05) is 69.6 Å². The summed E-state index contributed by atoms with van der Waals surface area (Å²) in [5.41, 5.74) is 7.66. The molecule has 1 fully saturated rings. The molecule has 1 aliphatic heterocycles. The number of ether oxygens (including phenoxy) is 1. The first-order chi connectivity index (χ1) is 23.1. The van der Waals surface area contributed by atoms with Gasteiger partial charge in [-0.25, -0.2) is 19.3 Å². The van der Waals surface area contributed by atoms with Crippen LogP contribution < -0.4 is 5.73 Å². The van der Waals surface area contributed by atoms with E-state index in [1.165, 1.54) is 23.6 Å². The predicted octanol–water partition coefficient (Wildman–Crippen LogP) is 6.75. The maximum atomic E-state index is 14.9. The number of aromatic nitrogens is 5. The number of aliphatic imine (C=N–C) groups is 1. The first-order valence-electron chi connectivity index (χ1n) is 16.0. The Hall–Kier alpha value is -4.65. The molecule has 258 valence electrons. The number of alkyl halides is 2. The van der Waals surface area contributed by atoms with Crippen molar-refractivity contribution in [3.8, 4) is 16.8 Å². The van der Waals surface area contributed by atoms with Crippen LogP contribution >= 0.6 is 11.6 Å². The minimum Gasteiger partial charge on any atom is -0.463 e. The van der Waals surface area contributed by atoms with Crippen molar-refractivity contribution in [2.75, 3.05) is 6.61 Å². The van der Waals surface area contributed by atoms with Crippen molar-refractivity contribution >= 4 is 29.4 Å². The van der Waals surface area contributed by atoms with Crippen LogP contribution in [0.25, 0.3) is 16.8 Å². The van der Waals surface area contributed by atoms with Crippen molar-refractivity contribution in [1.29, 1.82) is 0 Å². The fraction of sp³-hybridized carbons (Fsp3) is 0.429. The van der Waals surface area contributed by atoms with Gasteiger partial charge in [-0.05, 0) is 65.8 Å². The van der Waals surface area contributed by atoms with E-state index in [9.17, 15) is 18.4 Å². The quantitative estimate of drug-likeness (QED) is 0.172. The van der Waals surface area contributed by atoms with E-state index < -0.39 is 18.1 Å². The molecule has 11 nitrogen and oxygen atoms in total. The maximum Gasteiger partial charge on any atom is 0.333 e. The number of nitrogens with two attached hydrogens (primary N) is 1. The zero-order valence-corrected chi connectivity index (χ0v) is 28.8. The van der Waals surface area contributed by atoms with E-state index in [4.69, 9.17) is 27.1 Å². The van der Waals surface area contributed by atoms with Gasteiger partial charge in [0.25, 0.3) is 5.91 Å². The molecule has 2 aromatic heterocycles. The number of hydrogen-bond donors (Lipinski definition) is 1. The monoisotopic (exact) mass is 692 g/mol. The van der Waals surface area contributed by atoms with E-state index in [1.807, 2.05) is 27.7 Å². The molecule has 2 aromatic carbocycles. The fourth-order valence-corrected chi connectivity index (χ4v) is 6.52. The topological polar surface area (TPSA) is 134 Å². The molecule has 2 atom stereocenters. The molecule has 0 unspecified atom stereocenters. The van der Waals surface area contributed by atoms with Gasteiger partial charge in [0.05, 0.1) is 29.4 Å². The lowest BCUT2D eigenvalue weighted by Crippen LogP contribution is -2.47. The smallest absolute Gasteiger partial charge is 0.333 e. The summed E-state index contributed by atoms with van der Waals surface area (Å²) < 4.78 is 34.4. The molecule has 2 aliphatic rings. The summed E-state index contributed by atoms with van der Waals surface area (Å²) in [6, 6.07) is 11.4. The zero-order chi connectivity index (χ0) is 35.3. The van der Waals surface area contributed by atoms with Gasteiger partial charge in [0.15, 0.2) is 11.5 Å². The Labute approximate surface area is 288 Å². The summed E-state index contributed by atoms with van der Waals surface area (Å²) in [5, 5.41) is 8.44. The Morgan fingerprint density at radius 2 is 1.82 bits per heavy atom. The third-order valence-electron chi connectivity index (χ3n) is 9.10. The molecule has 4 aromatic rings. The Kier molecular flexibility index (Phi) is 8.85. The second-order valence-corrected chi connectivity index (χ2v) is 14.8. The fourth-order valence-electron chi connectivity index (χ4n) is 6.32. The molecule has 6 rings (SSSR count). The second-order valence-electron chi connectivity index (χ2n) is 14.4. The highest BCUT2D eigenvalue weighted by molar-refractivity contribution is 6.32. The molecule has 1 aliphatic carbocycles. The van der Waals surface area contributed by atoms with Crippen molar-refractivity contribution in [2.24, 2.45) is 21.6 Å². The van der Waals surface area contributed by atoms with Gasteiger partial charge < -0.3 is 10.5 Å². The van der Waals surface area contributed by atoms with Crippen molar-refractivity contribution in [3.63, 3.8) is 0 Å². The van der Waals surface area contributed by atoms with E-state index in [0.29, 0.717) is 49.9 Å². The van der Waals surface area contributed by atoms with Crippen LogP contribution in [-0.2, 0) is 19.9 Å². The number of aryl methyl sites for hydroxylation is 1. The molecule has 1 amide bonds. The molecule has 2 N–H and O–H groups in total. The summed E-state index contributed by atoms with van der Waals surface area (Å²) in [4.78, 5) is 38.4. The Balaban J connectivity index is 1.39. The molecule has 1 saturated carbocycles. The third-order valence-corrected chi connectivity index (χ3v) is 9.42. The van der Waals surface area contributed by atoms with Crippen LogP contribution in [-0.4, -0.2) is 53.9 Å². The van der Waals surface area contributed by atoms with Gasteiger partial charge in [-0.15, -0.1) is 0 Å². The average molecular weight is 693 g/mol. The van der Waals surface area contributed by atoms with E-state index >= 15 is 0 Å². The highest BCUT2D eigenvalue weighted by Crippen LogP contribution is 2.49. The Morgan fingerprint density at radius 3 is 2.41 bits per heavy atom. The van der Waals surface area contributed by atoms with Gasteiger partial charge in [-0.3, -0.25) is 14.5 Å². The Bertz CT molecular complexity index is 1910. The lowest BCUT2D eigenvalue weighted by atomic mass is 9.75. The van der Waals surface area contributed by atoms with Crippen LogP contribution in [0.15, 0.2) is 66.2 Å². The molecule has 0 radical (unpaired) electrons. The Morgan fingerprint density at radius 1 is 1.10 bits per heavy atom. The minimum absolute atomic E-state index is 0.0276. The SMILES string of the molecule is Cc1ncnn1-c1cc([C@@H](COC(=O)CC2(C)CC2)N2C(=O)[C@@](CC(C)(C)C)(c3ccc(-c4cnn(C(F)F)c4)cc3)N=C2N)ccc1Cl. The van der Waals surface area contributed by atoms with Crippen LogP contribution in [0.3, 0.4) is 0 Å². The van der Waals surface area contributed by atoms with Gasteiger partial charge in [0.1, 0.15) is 18.8 Å². The number of amides is 1. The number of esters is 1. The van der Waals surface area contributed by atoms with Gasteiger partial charge in [0.2, 0.25) is 0 Å². The minimum atomic E-state index is -2.76. The second kappa shape index (κ2) is 12.7. The molecular weight excluding hydrogens is 654 g/mol. The number of carbonyl (C=O) groups is 2. The van der Waals surface area contributed by atoms with Crippen molar-refractivity contribution in [1.82, 2.24) is 29.4 Å². The normalized spacial score (nSPS) is 19.3. The van der Waals surface area contributed by atoms with Crippen molar-refractivity contribution in [2.45, 2.75) is 78.4 Å². The van der Waals surface area contributed by atoms with E-state index in [-0.39, 0.29) is 41.7 Å². The number of benzene rings is 2. The molecule has 3 heterocycles. The molecule has 49 heavy (non-hydrogen) atoms. The van der Waals surface area contributed by atoms with E-state index in [0.717, 1.165) is 12.8 Å². The van der Waals surface area contributed by atoms with Gasteiger partial charge in [0, 0.05) is 11.8 Å². The van der Waals surface area contributed by atoms with E-state index in [1.54, 1.807) is 54.1 Å². The number of carbonyl (C=O) groups excluding carboxylic acids is 2. The first kappa shape index (κ1) is 34.2. The number of hydrogen-bond acceptors (Lipinski definition) is 8. The van der Waals surface area contributed by atoms with Crippen LogP contribution in [0.4, 0.5) is 8.78 Å². The van der Waals surface area contributed by atoms with Crippen molar-refractivity contribution in [3.05, 3.63) is 83.2 Å². The summed E-state index contributed by atoms with van der Waals surface area (Å²) in [6.07, 6.45) is 6.53. The number of halogens is 3. The van der Waals surface area contributed by atoms with Crippen LogP contribution in [0.1, 0.15) is 82.9 Å². The number of nitrogens with zero attached hydrogens (tertiary/aromatic N) is 7. The summed E-state index contributed by atoms with van der Waals surface area (Å²) in [7, 11) is 0. The van der Waals surface area contributed by atoms with Gasteiger partial charge >= 0.3 is 12.5 Å². The third kappa shape index (κ3) is 6.94. The largest absolute Gasteiger partial charge is 0.463 e. The summed E-state index contributed by atoms with van der Waals surface area (Å²) in [5.74, 6) is -0.172.